The molecule has 1 atom stereocenters. The molecule has 1 saturated heterocycles. The fourth-order valence-electron chi connectivity index (χ4n) is 3.61. The molecule has 138 valence electrons. The van der Waals surface area contributed by atoms with Crippen LogP contribution in [0.25, 0.3) is 22.7 Å². The minimum absolute atomic E-state index is 0.338. The van der Waals surface area contributed by atoms with Crippen molar-refractivity contribution in [2.75, 3.05) is 18.0 Å². The van der Waals surface area contributed by atoms with Crippen molar-refractivity contribution < 1.29 is 9.90 Å². The van der Waals surface area contributed by atoms with Crippen LogP contribution >= 0.6 is 0 Å². The third-order valence-corrected chi connectivity index (χ3v) is 5.28. The second-order valence-electron chi connectivity index (χ2n) is 7.32. The van der Waals surface area contributed by atoms with Gasteiger partial charge in [0, 0.05) is 25.2 Å². The molecule has 27 heavy (non-hydrogen) atoms. The Bertz CT molecular complexity index is 1010. The summed E-state index contributed by atoms with van der Waals surface area (Å²) in [5.74, 6) is 1.76. The largest absolute Gasteiger partial charge is 0.481 e. The molecule has 1 aliphatic heterocycles. The summed E-state index contributed by atoms with van der Waals surface area (Å²) in [5, 5.41) is 9.29. The molecule has 1 saturated carbocycles. The van der Waals surface area contributed by atoms with Gasteiger partial charge in [0.15, 0.2) is 11.5 Å². The highest BCUT2D eigenvalue weighted by atomic mass is 16.4. The molecule has 0 radical (unpaired) electrons. The van der Waals surface area contributed by atoms with E-state index in [-0.39, 0.29) is 5.92 Å². The number of hydrogen-bond acceptors (Lipinski definition) is 6. The van der Waals surface area contributed by atoms with Crippen molar-refractivity contribution in [3.05, 3.63) is 30.2 Å². The maximum absolute atomic E-state index is 11.3. The number of anilines is 1. The fourth-order valence-corrected chi connectivity index (χ4v) is 3.61. The number of imidazole rings is 1. The van der Waals surface area contributed by atoms with Crippen molar-refractivity contribution in [1.29, 1.82) is 0 Å². The number of aliphatic carboxylic acids is 1. The molecule has 8 heteroatoms. The van der Waals surface area contributed by atoms with E-state index in [9.17, 15) is 9.90 Å². The molecule has 8 nitrogen and oxygen atoms in total. The molecule has 3 aromatic heterocycles. The molecule has 2 N–H and O–H groups in total. The van der Waals surface area contributed by atoms with Crippen LogP contribution in [-0.4, -0.2) is 49.1 Å². The van der Waals surface area contributed by atoms with E-state index in [1.165, 1.54) is 0 Å². The Balaban J connectivity index is 1.44. The van der Waals surface area contributed by atoms with Gasteiger partial charge in [0.25, 0.3) is 0 Å². The summed E-state index contributed by atoms with van der Waals surface area (Å²) in [7, 11) is 0. The van der Waals surface area contributed by atoms with Crippen LogP contribution in [-0.2, 0) is 4.79 Å². The standard InChI is InChI=1S/C19H20N6O2/c26-19(27)12-2-1-9-25(10-12)15-6-5-13-18(23-15)24-17(22-13)14-7-8-20-16(21-14)11-3-4-11/h5-8,11-12H,1-4,9-10H2,(H,26,27)(H,22,23,24). The number of nitrogens with one attached hydrogen (secondary N) is 1. The SMILES string of the molecule is O=C(O)C1CCCN(c2ccc3nc(-c4ccnc(C5CC5)n4)[nH]c3n2)C1. The predicted molar refractivity (Wildman–Crippen MR) is 99.5 cm³/mol. The summed E-state index contributed by atoms with van der Waals surface area (Å²) in [4.78, 5) is 34.9. The van der Waals surface area contributed by atoms with Crippen LogP contribution in [0.2, 0.25) is 0 Å². The number of rotatable bonds is 4. The molecule has 1 unspecified atom stereocenters. The molecule has 2 aliphatic rings. The third kappa shape index (κ3) is 3.11. The lowest BCUT2D eigenvalue weighted by Gasteiger charge is -2.31. The molecule has 0 amide bonds. The topological polar surface area (TPSA) is 108 Å². The monoisotopic (exact) mass is 364 g/mol. The van der Waals surface area contributed by atoms with Gasteiger partial charge in [0.2, 0.25) is 0 Å². The zero-order chi connectivity index (χ0) is 18.4. The molecule has 4 heterocycles. The third-order valence-electron chi connectivity index (χ3n) is 5.28. The molecular weight excluding hydrogens is 344 g/mol. The van der Waals surface area contributed by atoms with Gasteiger partial charge in [-0.3, -0.25) is 4.79 Å². The van der Waals surface area contributed by atoms with Crippen molar-refractivity contribution in [3.63, 3.8) is 0 Å². The summed E-state index contributed by atoms with van der Waals surface area (Å²) in [6.07, 6.45) is 5.67. The molecule has 1 aliphatic carbocycles. The number of carbonyl (C=O) groups is 1. The average Bonchev–Trinajstić information content (AvgIpc) is 3.46. The van der Waals surface area contributed by atoms with Crippen molar-refractivity contribution in [2.45, 2.75) is 31.6 Å². The van der Waals surface area contributed by atoms with Gasteiger partial charge < -0.3 is 15.0 Å². The van der Waals surface area contributed by atoms with Gasteiger partial charge in [-0.2, -0.15) is 0 Å². The van der Waals surface area contributed by atoms with Crippen LogP contribution in [0, 0.1) is 5.92 Å². The lowest BCUT2D eigenvalue weighted by Crippen LogP contribution is -2.39. The number of hydrogen-bond donors (Lipinski definition) is 2. The average molecular weight is 364 g/mol. The van der Waals surface area contributed by atoms with Gasteiger partial charge in [-0.25, -0.2) is 19.9 Å². The van der Waals surface area contributed by atoms with E-state index in [1.807, 2.05) is 23.1 Å². The van der Waals surface area contributed by atoms with Gasteiger partial charge >= 0.3 is 5.97 Å². The summed E-state index contributed by atoms with van der Waals surface area (Å²) < 4.78 is 0. The molecule has 3 aromatic rings. The Morgan fingerprint density at radius 1 is 1.15 bits per heavy atom. The molecule has 2 fully saturated rings. The van der Waals surface area contributed by atoms with E-state index in [0.717, 1.165) is 55.1 Å². The highest BCUT2D eigenvalue weighted by Gasteiger charge is 2.27. The Morgan fingerprint density at radius 2 is 2.04 bits per heavy atom. The highest BCUT2D eigenvalue weighted by Crippen LogP contribution is 2.38. The quantitative estimate of drug-likeness (QED) is 0.732. The zero-order valence-electron chi connectivity index (χ0n) is 14.8. The van der Waals surface area contributed by atoms with Crippen molar-refractivity contribution in [3.8, 4) is 11.5 Å². The lowest BCUT2D eigenvalue weighted by molar-refractivity contribution is -0.141. The van der Waals surface area contributed by atoms with Gasteiger partial charge in [-0.1, -0.05) is 0 Å². The van der Waals surface area contributed by atoms with E-state index in [4.69, 9.17) is 0 Å². The van der Waals surface area contributed by atoms with E-state index in [2.05, 4.69) is 24.9 Å². The van der Waals surface area contributed by atoms with Crippen molar-refractivity contribution in [2.24, 2.45) is 5.92 Å². The van der Waals surface area contributed by atoms with Gasteiger partial charge in [-0.05, 0) is 43.9 Å². The fraction of sp³-hybridized carbons (Fsp3) is 0.421. The van der Waals surface area contributed by atoms with Gasteiger partial charge in [0.05, 0.1) is 5.92 Å². The first-order valence-corrected chi connectivity index (χ1v) is 9.35. The Kier molecular flexibility index (Phi) is 3.77. The predicted octanol–water partition coefficient (Wildman–Crippen LogP) is 2.59. The molecule has 0 bridgehead atoms. The van der Waals surface area contributed by atoms with Crippen molar-refractivity contribution >= 4 is 23.0 Å². The summed E-state index contributed by atoms with van der Waals surface area (Å²) in [6.45, 7) is 1.31. The normalized spacial score (nSPS) is 20.1. The summed E-state index contributed by atoms with van der Waals surface area (Å²) in [6, 6.07) is 5.68. The molecular formula is C19H20N6O2. The first kappa shape index (κ1) is 16.2. The smallest absolute Gasteiger partial charge is 0.308 e. The van der Waals surface area contributed by atoms with E-state index in [1.54, 1.807) is 6.20 Å². The first-order valence-electron chi connectivity index (χ1n) is 9.35. The van der Waals surface area contributed by atoms with Crippen LogP contribution in [0.4, 0.5) is 5.82 Å². The lowest BCUT2D eigenvalue weighted by atomic mass is 9.98. The second-order valence-corrected chi connectivity index (χ2v) is 7.32. The Morgan fingerprint density at radius 3 is 2.85 bits per heavy atom. The van der Waals surface area contributed by atoms with Gasteiger partial charge in [0.1, 0.15) is 22.9 Å². The number of fused-ring (bicyclic) bond motifs is 1. The van der Waals surface area contributed by atoms with Crippen LogP contribution in [0.15, 0.2) is 24.4 Å². The number of H-pyrrole nitrogens is 1. The second kappa shape index (κ2) is 6.29. The Labute approximate surface area is 155 Å². The highest BCUT2D eigenvalue weighted by molar-refractivity contribution is 5.77. The van der Waals surface area contributed by atoms with E-state index < -0.39 is 5.97 Å². The van der Waals surface area contributed by atoms with E-state index >= 15 is 0 Å². The zero-order valence-corrected chi connectivity index (χ0v) is 14.8. The van der Waals surface area contributed by atoms with E-state index in [0.29, 0.717) is 23.9 Å². The van der Waals surface area contributed by atoms with Crippen LogP contribution in [0.5, 0.6) is 0 Å². The maximum Gasteiger partial charge on any atom is 0.308 e. The number of carboxylic acids is 1. The summed E-state index contributed by atoms with van der Waals surface area (Å²) >= 11 is 0. The van der Waals surface area contributed by atoms with Crippen LogP contribution < -0.4 is 4.90 Å². The van der Waals surface area contributed by atoms with Gasteiger partial charge in [-0.15, -0.1) is 0 Å². The molecule has 5 rings (SSSR count). The number of aromatic nitrogens is 5. The first-order chi connectivity index (χ1) is 13.2. The Hall–Kier alpha value is -3.03. The summed E-state index contributed by atoms with van der Waals surface area (Å²) in [5.41, 5.74) is 2.23. The number of piperidine rings is 1. The molecule has 0 spiro atoms. The van der Waals surface area contributed by atoms with Crippen molar-refractivity contribution in [1.82, 2.24) is 24.9 Å². The van der Waals surface area contributed by atoms with Crippen LogP contribution in [0.3, 0.4) is 0 Å². The van der Waals surface area contributed by atoms with Crippen LogP contribution in [0.1, 0.15) is 37.4 Å². The minimum Gasteiger partial charge on any atom is -0.481 e. The molecule has 0 aromatic carbocycles. The number of nitrogens with zero attached hydrogens (tertiary/aromatic N) is 5. The number of aromatic amines is 1. The number of carboxylic acid groups (broad SMARTS) is 1. The minimum atomic E-state index is -0.736. The maximum atomic E-state index is 11.3. The number of pyridine rings is 1.